The molecule has 0 bridgehead atoms. The maximum atomic E-state index is 11.8. The number of anilines is 2. The zero-order valence-electron chi connectivity index (χ0n) is 13.3. The largest absolute Gasteiger partial charge is 0.398 e. The van der Waals surface area contributed by atoms with E-state index >= 15 is 0 Å². The van der Waals surface area contributed by atoms with E-state index in [4.69, 9.17) is 10.5 Å². The summed E-state index contributed by atoms with van der Waals surface area (Å²) in [5, 5.41) is 2.83. The number of hydrogen-bond donors (Lipinski definition) is 2. The van der Waals surface area contributed by atoms with Crippen LogP contribution in [0.2, 0.25) is 0 Å². The Balaban J connectivity index is 2.13. The summed E-state index contributed by atoms with van der Waals surface area (Å²) in [7, 11) is 0. The number of rotatable bonds is 10. The van der Waals surface area contributed by atoms with Crippen molar-refractivity contribution in [3.8, 4) is 0 Å². The van der Waals surface area contributed by atoms with Gasteiger partial charge in [-0.1, -0.05) is 45.1 Å². The highest BCUT2D eigenvalue weighted by molar-refractivity contribution is 5.93. The van der Waals surface area contributed by atoms with Gasteiger partial charge in [-0.2, -0.15) is 0 Å². The van der Waals surface area contributed by atoms with Gasteiger partial charge in [0.15, 0.2) is 0 Å². The Kier molecular flexibility index (Phi) is 8.51. The van der Waals surface area contributed by atoms with Gasteiger partial charge in [-0.15, -0.1) is 0 Å². The molecule has 1 aromatic rings. The Bertz CT molecular complexity index is 433. The van der Waals surface area contributed by atoms with Crippen molar-refractivity contribution in [3.63, 3.8) is 0 Å². The molecule has 0 saturated carbocycles. The van der Waals surface area contributed by atoms with Crippen molar-refractivity contribution >= 4 is 17.3 Å². The van der Waals surface area contributed by atoms with E-state index in [0.29, 0.717) is 12.3 Å². The number of carbonyl (C=O) groups excluding carboxylic acids is 1. The van der Waals surface area contributed by atoms with Crippen LogP contribution in [0.25, 0.3) is 0 Å². The van der Waals surface area contributed by atoms with Crippen LogP contribution in [0.4, 0.5) is 11.4 Å². The standard InChI is InChI=1S/C17H28N2O2/c1-3-4-5-6-7-8-12-21-13-17(20)19-16-11-9-10-15(18)14(16)2/h9-11H,3-8,12-13,18H2,1-2H3,(H,19,20). The quantitative estimate of drug-likeness (QED) is 0.508. The van der Waals surface area contributed by atoms with E-state index in [1.165, 1.54) is 32.1 Å². The van der Waals surface area contributed by atoms with E-state index in [0.717, 1.165) is 17.7 Å². The Labute approximate surface area is 128 Å². The molecule has 1 amide bonds. The van der Waals surface area contributed by atoms with Gasteiger partial charge in [0.1, 0.15) is 6.61 Å². The summed E-state index contributed by atoms with van der Waals surface area (Å²) in [4.78, 5) is 11.8. The lowest BCUT2D eigenvalue weighted by atomic mass is 10.1. The molecule has 0 heterocycles. The van der Waals surface area contributed by atoms with Crippen LogP contribution in [-0.4, -0.2) is 19.1 Å². The summed E-state index contributed by atoms with van der Waals surface area (Å²) in [6.07, 6.45) is 7.32. The average Bonchev–Trinajstić information content (AvgIpc) is 2.47. The van der Waals surface area contributed by atoms with Crippen LogP contribution < -0.4 is 11.1 Å². The monoisotopic (exact) mass is 292 g/mol. The van der Waals surface area contributed by atoms with E-state index in [2.05, 4.69) is 12.2 Å². The summed E-state index contributed by atoms with van der Waals surface area (Å²) in [6.45, 7) is 4.85. The molecule has 4 nitrogen and oxygen atoms in total. The Hall–Kier alpha value is -1.55. The SMILES string of the molecule is CCCCCCCCOCC(=O)Nc1cccc(N)c1C. The molecule has 0 radical (unpaired) electrons. The molecule has 1 aromatic carbocycles. The van der Waals surface area contributed by atoms with Crippen LogP contribution in [0.15, 0.2) is 18.2 Å². The van der Waals surface area contributed by atoms with Crippen LogP contribution in [-0.2, 0) is 9.53 Å². The number of nitrogens with two attached hydrogens (primary N) is 1. The second-order valence-electron chi connectivity index (χ2n) is 5.39. The van der Waals surface area contributed by atoms with Gasteiger partial charge in [0, 0.05) is 18.0 Å². The maximum Gasteiger partial charge on any atom is 0.250 e. The lowest BCUT2D eigenvalue weighted by Gasteiger charge is -2.10. The Morgan fingerprint density at radius 3 is 2.67 bits per heavy atom. The molecule has 21 heavy (non-hydrogen) atoms. The highest BCUT2D eigenvalue weighted by Gasteiger charge is 2.06. The molecule has 118 valence electrons. The molecule has 0 unspecified atom stereocenters. The first-order chi connectivity index (χ1) is 10.1. The van der Waals surface area contributed by atoms with Crippen molar-refractivity contribution in [3.05, 3.63) is 23.8 Å². The number of carbonyl (C=O) groups is 1. The summed E-state index contributed by atoms with van der Waals surface area (Å²) in [5.74, 6) is -0.130. The molecule has 3 N–H and O–H groups in total. The number of unbranched alkanes of at least 4 members (excludes halogenated alkanes) is 5. The molecule has 4 heteroatoms. The van der Waals surface area contributed by atoms with Crippen molar-refractivity contribution in [2.24, 2.45) is 0 Å². The third kappa shape index (κ3) is 7.14. The smallest absolute Gasteiger partial charge is 0.250 e. The fourth-order valence-electron chi connectivity index (χ4n) is 2.12. The fraction of sp³-hybridized carbons (Fsp3) is 0.588. The van der Waals surface area contributed by atoms with Crippen LogP contribution >= 0.6 is 0 Å². The van der Waals surface area contributed by atoms with Gasteiger partial charge in [0.2, 0.25) is 5.91 Å². The first-order valence-electron chi connectivity index (χ1n) is 7.87. The molecule has 0 fully saturated rings. The summed E-state index contributed by atoms with van der Waals surface area (Å²) < 4.78 is 5.40. The summed E-state index contributed by atoms with van der Waals surface area (Å²) >= 11 is 0. The Morgan fingerprint density at radius 1 is 1.19 bits per heavy atom. The first-order valence-corrected chi connectivity index (χ1v) is 7.87. The molecular weight excluding hydrogens is 264 g/mol. The third-order valence-corrected chi connectivity index (χ3v) is 3.53. The van der Waals surface area contributed by atoms with Crippen molar-refractivity contribution in [2.75, 3.05) is 24.3 Å². The average molecular weight is 292 g/mol. The molecule has 1 rings (SSSR count). The lowest BCUT2D eigenvalue weighted by molar-refractivity contribution is -0.120. The van der Waals surface area contributed by atoms with Crippen LogP contribution in [0.5, 0.6) is 0 Å². The molecule has 0 aliphatic carbocycles. The summed E-state index contributed by atoms with van der Waals surface area (Å²) in [6, 6.07) is 5.49. The van der Waals surface area contributed by atoms with Gasteiger partial charge < -0.3 is 15.8 Å². The predicted molar refractivity (Wildman–Crippen MR) is 88.4 cm³/mol. The fourth-order valence-corrected chi connectivity index (χ4v) is 2.12. The molecular formula is C17H28N2O2. The van der Waals surface area contributed by atoms with Crippen LogP contribution in [0.3, 0.4) is 0 Å². The second-order valence-corrected chi connectivity index (χ2v) is 5.39. The second kappa shape index (κ2) is 10.2. The first kappa shape index (κ1) is 17.5. The van der Waals surface area contributed by atoms with E-state index < -0.39 is 0 Å². The zero-order chi connectivity index (χ0) is 15.5. The minimum atomic E-state index is -0.130. The molecule has 0 atom stereocenters. The minimum Gasteiger partial charge on any atom is -0.398 e. The highest BCUT2D eigenvalue weighted by Crippen LogP contribution is 2.20. The zero-order valence-corrected chi connectivity index (χ0v) is 13.3. The van der Waals surface area contributed by atoms with Gasteiger partial charge in [-0.05, 0) is 31.0 Å². The van der Waals surface area contributed by atoms with E-state index in [1.807, 2.05) is 25.1 Å². The van der Waals surface area contributed by atoms with Crippen molar-refractivity contribution < 1.29 is 9.53 Å². The molecule has 0 aliphatic rings. The summed E-state index contributed by atoms with van der Waals surface area (Å²) in [5.41, 5.74) is 8.13. The lowest BCUT2D eigenvalue weighted by Crippen LogP contribution is -2.19. The molecule has 0 saturated heterocycles. The minimum absolute atomic E-state index is 0.100. The normalized spacial score (nSPS) is 10.6. The maximum absolute atomic E-state index is 11.8. The third-order valence-electron chi connectivity index (χ3n) is 3.53. The van der Waals surface area contributed by atoms with Crippen molar-refractivity contribution in [1.82, 2.24) is 0 Å². The van der Waals surface area contributed by atoms with Gasteiger partial charge in [-0.3, -0.25) is 4.79 Å². The van der Waals surface area contributed by atoms with E-state index in [1.54, 1.807) is 0 Å². The highest BCUT2D eigenvalue weighted by atomic mass is 16.5. The number of benzene rings is 1. The number of amides is 1. The molecule has 0 spiro atoms. The molecule has 0 aromatic heterocycles. The van der Waals surface area contributed by atoms with Gasteiger partial charge in [-0.25, -0.2) is 0 Å². The number of hydrogen-bond acceptors (Lipinski definition) is 3. The van der Waals surface area contributed by atoms with Gasteiger partial charge in [0.25, 0.3) is 0 Å². The van der Waals surface area contributed by atoms with Crippen molar-refractivity contribution in [1.29, 1.82) is 0 Å². The number of ether oxygens (including phenoxy) is 1. The topological polar surface area (TPSA) is 64.3 Å². The van der Waals surface area contributed by atoms with Gasteiger partial charge >= 0.3 is 0 Å². The molecule has 0 aliphatic heterocycles. The van der Waals surface area contributed by atoms with Crippen LogP contribution in [0, 0.1) is 6.92 Å². The Morgan fingerprint density at radius 2 is 1.90 bits per heavy atom. The van der Waals surface area contributed by atoms with Crippen molar-refractivity contribution in [2.45, 2.75) is 52.4 Å². The van der Waals surface area contributed by atoms with E-state index in [9.17, 15) is 4.79 Å². The number of nitrogen functional groups attached to an aromatic ring is 1. The van der Waals surface area contributed by atoms with Crippen LogP contribution in [0.1, 0.15) is 51.0 Å². The van der Waals surface area contributed by atoms with Gasteiger partial charge in [0.05, 0.1) is 0 Å². The predicted octanol–water partition coefficient (Wildman–Crippen LogP) is 3.89. The van der Waals surface area contributed by atoms with E-state index in [-0.39, 0.29) is 12.5 Å². The number of nitrogens with one attached hydrogen (secondary N) is 1.